The second-order valence-electron chi connectivity index (χ2n) is 8.66. The number of methoxy groups -OCH3 is 1. The van der Waals surface area contributed by atoms with Gasteiger partial charge < -0.3 is 10.1 Å². The molecule has 0 spiro atoms. The average molecular weight is 439 g/mol. The lowest BCUT2D eigenvalue weighted by Crippen LogP contribution is -2.31. The molecule has 170 valence electrons. The van der Waals surface area contributed by atoms with Crippen LogP contribution in [0.1, 0.15) is 43.3 Å². The number of nitrogens with zero attached hydrogens (tertiary/aromatic N) is 3. The van der Waals surface area contributed by atoms with Crippen molar-refractivity contribution in [3.05, 3.63) is 63.2 Å². The number of carbonyl (C=O) groups is 1. The minimum atomic E-state index is -0.369. The number of urea groups is 1. The van der Waals surface area contributed by atoms with E-state index < -0.39 is 0 Å². The summed E-state index contributed by atoms with van der Waals surface area (Å²) in [6, 6.07) is 9.12. The molecule has 2 amide bonds. The Morgan fingerprint density at radius 2 is 1.88 bits per heavy atom. The van der Waals surface area contributed by atoms with Crippen LogP contribution in [-0.2, 0) is 11.8 Å². The molecule has 0 aliphatic heterocycles. The van der Waals surface area contributed by atoms with Gasteiger partial charge in [0.15, 0.2) is 0 Å². The summed E-state index contributed by atoms with van der Waals surface area (Å²) in [5.74, 6) is 1.46. The Bertz CT molecular complexity index is 1160. The van der Waals surface area contributed by atoms with Crippen LogP contribution >= 0.6 is 0 Å². The molecule has 2 heterocycles. The molecule has 0 fully saturated rings. The van der Waals surface area contributed by atoms with Crippen LogP contribution in [0.2, 0.25) is 0 Å². The zero-order chi connectivity index (χ0) is 23.5. The number of hydrogen-bond acceptors (Lipinski definition) is 5. The van der Waals surface area contributed by atoms with Crippen molar-refractivity contribution in [3.8, 4) is 11.7 Å². The minimum absolute atomic E-state index is 0.241. The lowest BCUT2D eigenvalue weighted by molar-refractivity contribution is 0.252. The molecule has 0 atom stereocenters. The predicted molar refractivity (Wildman–Crippen MR) is 124 cm³/mol. The normalized spacial score (nSPS) is 11.3. The third-order valence-corrected chi connectivity index (χ3v) is 5.16. The van der Waals surface area contributed by atoms with Crippen LogP contribution in [0.4, 0.5) is 10.6 Å². The zero-order valence-corrected chi connectivity index (χ0v) is 19.4. The second-order valence-corrected chi connectivity index (χ2v) is 8.66. The Morgan fingerprint density at radius 3 is 2.47 bits per heavy atom. The average Bonchev–Trinajstić information content (AvgIpc) is 3.16. The summed E-state index contributed by atoms with van der Waals surface area (Å²) in [5, 5.41) is 10.3. The summed E-state index contributed by atoms with van der Waals surface area (Å²) in [6.07, 6.45) is 0.677. The molecule has 0 saturated heterocycles. The fraction of sp³-hybridized carbons (Fsp3) is 0.391. The lowest BCUT2D eigenvalue weighted by atomic mass is 9.92. The van der Waals surface area contributed by atoms with Crippen molar-refractivity contribution in [1.29, 1.82) is 0 Å². The summed E-state index contributed by atoms with van der Waals surface area (Å²) >= 11 is 0. The lowest BCUT2D eigenvalue weighted by Gasteiger charge is -2.14. The maximum atomic E-state index is 12.6. The van der Waals surface area contributed by atoms with Crippen molar-refractivity contribution < 1.29 is 9.53 Å². The van der Waals surface area contributed by atoms with Gasteiger partial charge in [-0.2, -0.15) is 9.78 Å². The fourth-order valence-electron chi connectivity index (χ4n) is 3.00. The van der Waals surface area contributed by atoms with E-state index in [0.29, 0.717) is 30.0 Å². The van der Waals surface area contributed by atoms with E-state index in [1.165, 1.54) is 4.68 Å². The summed E-state index contributed by atoms with van der Waals surface area (Å²) in [5.41, 5.74) is 2.49. The highest BCUT2D eigenvalue weighted by molar-refractivity contribution is 5.88. The van der Waals surface area contributed by atoms with E-state index in [1.54, 1.807) is 27.0 Å². The molecule has 9 nitrogen and oxygen atoms in total. The minimum Gasteiger partial charge on any atom is -0.497 e. The van der Waals surface area contributed by atoms with E-state index >= 15 is 0 Å². The molecule has 1 aromatic carbocycles. The summed E-state index contributed by atoms with van der Waals surface area (Å²) < 4.78 is 6.61. The van der Waals surface area contributed by atoms with Crippen molar-refractivity contribution in [2.45, 2.75) is 46.5 Å². The predicted octanol–water partition coefficient (Wildman–Crippen LogP) is 3.24. The SMILES string of the molecule is COc1ccc(CCNC(=O)Nc2cc(C(C)(C)C)nn2-c2nc(C)c(C)c(=O)[nH]2)cc1. The first-order valence-electron chi connectivity index (χ1n) is 10.4. The number of anilines is 1. The van der Waals surface area contributed by atoms with Gasteiger partial charge in [-0.15, -0.1) is 0 Å². The van der Waals surface area contributed by atoms with Gasteiger partial charge in [0.1, 0.15) is 11.6 Å². The molecule has 3 rings (SSSR count). The van der Waals surface area contributed by atoms with Crippen LogP contribution in [0.15, 0.2) is 35.1 Å². The first-order chi connectivity index (χ1) is 15.1. The van der Waals surface area contributed by atoms with Crippen LogP contribution in [0, 0.1) is 13.8 Å². The molecule has 32 heavy (non-hydrogen) atoms. The number of benzene rings is 1. The Morgan fingerprint density at radius 1 is 1.19 bits per heavy atom. The van der Waals surface area contributed by atoms with Gasteiger partial charge in [-0.1, -0.05) is 32.9 Å². The van der Waals surface area contributed by atoms with E-state index in [9.17, 15) is 9.59 Å². The maximum Gasteiger partial charge on any atom is 0.320 e. The van der Waals surface area contributed by atoms with E-state index in [4.69, 9.17) is 4.74 Å². The van der Waals surface area contributed by atoms with E-state index in [1.807, 2.05) is 45.0 Å². The van der Waals surface area contributed by atoms with Gasteiger partial charge in [0.2, 0.25) is 5.95 Å². The van der Waals surface area contributed by atoms with Crippen molar-refractivity contribution in [2.24, 2.45) is 0 Å². The number of carbonyl (C=O) groups excluding carboxylic acids is 1. The van der Waals surface area contributed by atoms with Gasteiger partial charge in [0.05, 0.1) is 12.8 Å². The molecule has 0 aliphatic rings. The summed E-state index contributed by atoms with van der Waals surface area (Å²) in [4.78, 5) is 32.0. The number of aromatic amines is 1. The van der Waals surface area contributed by atoms with Gasteiger partial charge in [0, 0.05) is 29.3 Å². The van der Waals surface area contributed by atoms with Crippen molar-refractivity contribution >= 4 is 11.8 Å². The highest BCUT2D eigenvalue weighted by Gasteiger charge is 2.22. The Hall–Kier alpha value is -3.62. The molecule has 2 aromatic heterocycles. The molecule has 9 heteroatoms. The van der Waals surface area contributed by atoms with Crippen LogP contribution in [-0.4, -0.2) is 39.4 Å². The van der Waals surface area contributed by atoms with Gasteiger partial charge >= 0.3 is 6.03 Å². The van der Waals surface area contributed by atoms with Crippen LogP contribution < -0.4 is 20.9 Å². The number of rotatable bonds is 6. The Balaban J connectivity index is 1.76. The highest BCUT2D eigenvalue weighted by atomic mass is 16.5. The number of hydrogen-bond donors (Lipinski definition) is 3. The molecule has 3 aromatic rings. The molecule has 0 unspecified atom stereocenters. The second kappa shape index (κ2) is 9.25. The zero-order valence-electron chi connectivity index (χ0n) is 19.4. The van der Waals surface area contributed by atoms with E-state index in [-0.39, 0.29) is 23.0 Å². The largest absolute Gasteiger partial charge is 0.497 e. The number of H-pyrrole nitrogens is 1. The summed E-state index contributed by atoms with van der Waals surface area (Å²) in [6.45, 7) is 10.0. The quantitative estimate of drug-likeness (QED) is 0.547. The molecular weight excluding hydrogens is 408 g/mol. The highest BCUT2D eigenvalue weighted by Crippen LogP contribution is 2.25. The molecule has 0 radical (unpaired) electrons. The standard InChI is InChI=1S/C23H30N6O3/c1-14-15(2)25-21(27-20(14)30)29-19(13-18(28-29)23(3,4)5)26-22(31)24-12-11-16-7-9-17(32-6)10-8-16/h7-10,13H,11-12H2,1-6H3,(H2,24,26,31)(H,25,27,30). The number of amides is 2. The first kappa shape index (κ1) is 23.1. The third-order valence-electron chi connectivity index (χ3n) is 5.16. The molecule has 3 N–H and O–H groups in total. The first-order valence-corrected chi connectivity index (χ1v) is 10.4. The van der Waals surface area contributed by atoms with Gasteiger partial charge in [0.25, 0.3) is 5.56 Å². The number of aromatic nitrogens is 4. The van der Waals surface area contributed by atoms with Crippen molar-refractivity contribution in [2.75, 3.05) is 19.0 Å². The number of aryl methyl sites for hydroxylation is 1. The van der Waals surface area contributed by atoms with E-state index in [2.05, 4.69) is 25.7 Å². The number of nitrogens with one attached hydrogen (secondary N) is 3. The monoisotopic (exact) mass is 438 g/mol. The van der Waals surface area contributed by atoms with Gasteiger partial charge in [-0.05, 0) is 38.0 Å². The summed E-state index contributed by atoms with van der Waals surface area (Å²) in [7, 11) is 1.62. The fourth-order valence-corrected chi connectivity index (χ4v) is 3.00. The Kier molecular flexibility index (Phi) is 6.67. The maximum absolute atomic E-state index is 12.6. The van der Waals surface area contributed by atoms with Crippen LogP contribution in [0.5, 0.6) is 5.75 Å². The van der Waals surface area contributed by atoms with Gasteiger partial charge in [-0.25, -0.2) is 9.78 Å². The molecule has 0 saturated carbocycles. The smallest absolute Gasteiger partial charge is 0.320 e. The Labute approximate surface area is 187 Å². The van der Waals surface area contributed by atoms with Crippen molar-refractivity contribution in [1.82, 2.24) is 25.1 Å². The molecule has 0 aliphatic carbocycles. The van der Waals surface area contributed by atoms with Crippen molar-refractivity contribution in [3.63, 3.8) is 0 Å². The van der Waals surface area contributed by atoms with Gasteiger partial charge in [-0.3, -0.25) is 15.1 Å². The molecular formula is C23H30N6O3. The van der Waals surface area contributed by atoms with E-state index in [0.717, 1.165) is 17.0 Å². The molecule has 0 bridgehead atoms. The van der Waals surface area contributed by atoms with Crippen LogP contribution in [0.3, 0.4) is 0 Å². The van der Waals surface area contributed by atoms with Crippen LogP contribution in [0.25, 0.3) is 5.95 Å². The topological polar surface area (TPSA) is 114 Å². The number of ether oxygens (including phenoxy) is 1. The third kappa shape index (κ3) is 5.35.